The standard InChI is InChI=1S/C18H18N2O6S/c1-24-13-5-3-4-11(16(13)25-2)6-7-15(22)26-10-14(21)20-18-12(17(19)23)8-9-27-18/h3-9H,10H2,1-2H3,(H2,19,23)(H,20,21). The van der Waals surface area contributed by atoms with Gasteiger partial charge in [-0.25, -0.2) is 4.79 Å². The number of benzene rings is 1. The molecule has 1 aromatic heterocycles. The van der Waals surface area contributed by atoms with Crippen molar-refractivity contribution >= 4 is 40.2 Å². The smallest absolute Gasteiger partial charge is 0.331 e. The average Bonchev–Trinajstić information content (AvgIpc) is 3.12. The highest BCUT2D eigenvalue weighted by Crippen LogP contribution is 2.31. The molecule has 8 nitrogen and oxygen atoms in total. The molecule has 0 atom stereocenters. The SMILES string of the molecule is COc1cccc(C=CC(=O)OCC(=O)Nc2sccc2C(N)=O)c1OC. The third kappa shape index (κ3) is 5.32. The van der Waals surface area contributed by atoms with E-state index in [9.17, 15) is 14.4 Å². The van der Waals surface area contributed by atoms with Gasteiger partial charge in [0.05, 0.1) is 19.8 Å². The van der Waals surface area contributed by atoms with Crippen molar-refractivity contribution in [2.75, 3.05) is 26.1 Å². The van der Waals surface area contributed by atoms with E-state index in [1.165, 1.54) is 32.4 Å². The Morgan fingerprint density at radius 2 is 1.96 bits per heavy atom. The zero-order chi connectivity index (χ0) is 19.8. The number of nitrogens with one attached hydrogen (secondary N) is 1. The van der Waals surface area contributed by atoms with Crippen LogP contribution in [0.5, 0.6) is 11.5 Å². The van der Waals surface area contributed by atoms with Crippen LogP contribution in [-0.2, 0) is 14.3 Å². The molecule has 0 saturated heterocycles. The first-order valence-corrected chi connectivity index (χ1v) is 8.57. The molecule has 2 aromatic rings. The third-order valence-corrected chi connectivity index (χ3v) is 4.19. The maximum Gasteiger partial charge on any atom is 0.331 e. The van der Waals surface area contributed by atoms with E-state index < -0.39 is 24.4 Å². The van der Waals surface area contributed by atoms with Gasteiger partial charge in [0.1, 0.15) is 5.00 Å². The minimum Gasteiger partial charge on any atom is -0.493 e. The van der Waals surface area contributed by atoms with Crippen LogP contribution in [0.2, 0.25) is 0 Å². The van der Waals surface area contributed by atoms with Crippen molar-refractivity contribution in [2.45, 2.75) is 0 Å². The first kappa shape index (κ1) is 20.0. The van der Waals surface area contributed by atoms with Crippen molar-refractivity contribution in [2.24, 2.45) is 5.73 Å². The number of carbonyl (C=O) groups excluding carboxylic acids is 3. The van der Waals surface area contributed by atoms with E-state index in [4.69, 9.17) is 19.9 Å². The van der Waals surface area contributed by atoms with Crippen LogP contribution in [0.15, 0.2) is 35.7 Å². The molecule has 2 rings (SSSR count). The van der Waals surface area contributed by atoms with Crippen LogP contribution < -0.4 is 20.5 Å². The Labute approximate surface area is 159 Å². The third-order valence-electron chi connectivity index (χ3n) is 3.36. The number of rotatable bonds is 8. The van der Waals surface area contributed by atoms with Crippen LogP contribution in [0.4, 0.5) is 5.00 Å². The minimum atomic E-state index is -0.712. The first-order valence-electron chi connectivity index (χ1n) is 7.69. The van der Waals surface area contributed by atoms with Crippen molar-refractivity contribution in [3.8, 4) is 11.5 Å². The number of anilines is 1. The number of hydrogen-bond acceptors (Lipinski definition) is 7. The Morgan fingerprint density at radius 1 is 1.19 bits per heavy atom. The summed E-state index contributed by atoms with van der Waals surface area (Å²) in [5.41, 5.74) is 6.01. The molecule has 0 spiro atoms. The van der Waals surface area contributed by atoms with Gasteiger partial charge in [-0.05, 0) is 23.6 Å². The average molecular weight is 390 g/mol. The summed E-state index contributed by atoms with van der Waals surface area (Å²) in [7, 11) is 3.00. The summed E-state index contributed by atoms with van der Waals surface area (Å²) in [5, 5.41) is 4.40. The molecular weight excluding hydrogens is 372 g/mol. The number of nitrogens with two attached hydrogens (primary N) is 1. The summed E-state index contributed by atoms with van der Waals surface area (Å²) in [4.78, 5) is 34.9. The molecular formula is C18H18N2O6S. The maximum atomic E-state index is 11.9. The number of para-hydroxylation sites is 1. The number of ether oxygens (including phenoxy) is 3. The van der Waals surface area contributed by atoms with Crippen molar-refractivity contribution in [3.05, 3.63) is 46.8 Å². The number of esters is 1. The van der Waals surface area contributed by atoms with Gasteiger partial charge in [-0.15, -0.1) is 11.3 Å². The van der Waals surface area contributed by atoms with E-state index in [-0.39, 0.29) is 5.56 Å². The summed E-state index contributed by atoms with van der Waals surface area (Å²) in [6.45, 7) is -0.505. The number of primary amides is 1. The highest BCUT2D eigenvalue weighted by Gasteiger charge is 2.13. The molecule has 0 radical (unpaired) electrons. The van der Waals surface area contributed by atoms with Gasteiger partial charge in [0.2, 0.25) is 0 Å². The summed E-state index contributed by atoms with van der Waals surface area (Å²) in [6.07, 6.45) is 2.66. The van der Waals surface area contributed by atoms with Crippen LogP contribution in [0.1, 0.15) is 15.9 Å². The van der Waals surface area contributed by atoms with Gasteiger partial charge in [0.15, 0.2) is 18.1 Å². The van der Waals surface area contributed by atoms with Crippen LogP contribution in [0.25, 0.3) is 6.08 Å². The van der Waals surface area contributed by atoms with E-state index in [0.717, 1.165) is 11.3 Å². The van der Waals surface area contributed by atoms with Crippen LogP contribution in [0.3, 0.4) is 0 Å². The molecule has 0 bridgehead atoms. The maximum absolute atomic E-state index is 11.9. The van der Waals surface area contributed by atoms with Gasteiger partial charge >= 0.3 is 5.97 Å². The summed E-state index contributed by atoms with van der Waals surface area (Å²) in [6, 6.07) is 6.71. The number of thiophene rings is 1. The van der Waals surface area contributed by atoms with E-state index in [2.05, 4.69) is 5.32 Å². The van der Waals surface area contributed by atoms with Gasteiger partial charge in [-0.1, -0.05) is 12.1 Å². The fourth-order valence-corrected chi connectivity index (χ4v) is 2.96. The first-order chi connectivity index (χ1) is 13.0. The second-order valence-electron chi connectivity index (χ2n) is 5.10. The topological polar surface area (TPSA) is 117 Å². The second-order valence-corrected chi connectivity index (χ2v) is 6.02. The molecule has 9 heteroatoms. The summed E-state index contributed by atoms with van der Waals surface area (Å²) >= 11 is 1.14. The monoisotopic (exact) mass is 390 g/mol. The van der Waals surface area contributed by atoms with Crippen molar-refractivity contribution in [3.63, 3.8) is 0 Å². The fourth-order valence-electron chi connectivity index (χ4n) is 2.15. The predicted molar refractivity (Wildman–Crippen MR) is 101 cm³/mol. The Kier molecular flexibility index (Phi) is 6.95. The molecule has 0 aliphatic heterocycles. The molecule has 0 aliphatic rings. The summed E-state index contributed by atoms with van der Waals surface area (Å²) in [5.74, 6) is -0.956. The van der Waals surface area contributed by atoms with E-state index in [0.29, 0.717) is 22.1 Å². The van der Waals surface area contributed by atoms with Gasteiger partial charge in [-0.3, -0.25) is 9.59 Å². The quantitative estimate of drug-likeness (QED) is 0.526. The van der Waals surface area contributed by atoms with Crippen molar-refractivity contribution in [1.82, 2.24) is 0 Å². The molecule has 0 saturated carbocycles. The molecule has 1 heterocycles. The van der Waals surface area contributed by atoms with Crippen molar-refractivity contribution in [1.29, 1.82) is 0 Å². The van der Waals surface area contributed by atoms with Crippen LogP contribution >= 0.6 is 11.3 Å². The fraction of sp³-hybridized carbons (Fsp3) is 0.167. The molecule has 3 N–H and O–H groups in total. The second kappa shape index (κ2) is 9.39. The number of hydrogen-bond donors (Lipinski definition) is 2. The highest BCUT2D eigenvalue weighted by atomic mass is 32.1. The van der Waals surface area contributed by atoms with Gasteiger partial charge in [0.25, 0.3) is 11.8 Å². The van der Waals surface area contributed by atoms with Crippen LogP contribution in [-0.4, -0.2) is 38.6 Å². The normalized spacial score (nSPS) is 10.4. The number of amides is 2. The van der Waals surface area contributed by atoms with Crippen LogP contribution in [0, 0.1) is 0 Å². The lowest BCUT2D eigenvalue weighted by molar-refractivity contribution is -0.142. The number of methoxy groups -OCH3 is 2. The Morgan fingerprint density at radius 3 is 2.63 bits per heavy atom. The molecule has 2 amide bonds. The van der Waals surface area contributed by atoms with Gasteiger partial charge in [0, 0.05) is 11.6 Å². The van der Waals surface area contributed by atoms with E-state index in [1.807, 2.05) is 0 Å². The molecule has 1 aromatic carbocycles. The number of carbonyl (C=O) groups is 3. The lowest BCUT2D eigenvalue weighted by Crippen LogP contribution is -2.21. The molecule has 142 valence electrons. The molecule has 27 heavy (non-hydrogen) atoms. The lowest BCUT2D eigenvalue weighted by atomic mass is 10.1. The minimum absolute atomic E-state index is 0.199. The molecule has 0 unspecified atom stereocenters. The van der Waals surface area contributed by atoms with E-state index in [1.54, 1.807) is 23.6 Å². The van der Waals surface area contributed by atoms with Crippen molar-refractivity contribution < 1.29 is 28.6 Å². The zero-order valence-electron chi connectivity index (χ0n) is 14.7. The largest absolute Gasteiger partial charge is 0.493 e. The predicted octanol–water partition coefficient (Wildman–Crippen LogP) is 2.06. The van der Waals surface area contributed by atoms with Gasteiger partial charge < -0.3 is 25.3 Å². The molecule has 0 fully saturated rings. The Hall–Kier alpha value is -3.33. The summed E-state index contributed by atoms with van der Waals surface area (Å²) < 4.78 is 15.3. The Balaban J connectivity index is 1.92. The van der Waals surface area contributed by atoms with E-state index >= 15 is 0 Å². The molecule has 0 aliphatic carbocycles. The van der Waals surface area contributed by atoms with Gasteiger partial charge in [-0.2, -0.15) is 0 Å². The lowest BCUT2D eigenvalue weighted by Gasteiger charge is -2.09. The highest BCUT2D eigenvalue weighted by molar-refractivity contribution is 7.14. The zero-order valence-corrected chi connectivity index (χ0v) is 15.5. The Bertz CT molecular complexity index is 874.